The maximum Gasteiger partial charge on any atom is 0.247 e. The van der Waals surface area contributed by atoms with Crippen molar-refractivity contribution in [3.63, 3.8) is 0 Å². The quantitative estimate of drug-likeness (QED) is 0.824. The van der Waals surface area contributed by atoms with E-state index < -0.39 is 21.5 Å². The van der Waals surface area contributed by atoms with Gasteiger partial charge in [0.1, 0.15) is 5.54 Å². The van der Waals surface area contributed by atoms with Crippen LogP contribution in [0.25, 0.3) is 0 Å². The van der Waals surface area contributed by atoms with Crippen molar-refractivity contribution in [2.75, 3.05) is 24.2 Å². The Hall–Kier alpha value is -1.93. The zero-order valence-electron chi connectivity index (χ0n) is 17.0. The minimum atomic E-state index is -3.61. The Balaban J connectivity index is 2.05. The minimum absolute atomic E-state index is 0.0660. The van der Waals surface area contributed by atoms with Gasteiger partial charge in [0.15, 0.2) is 0 Å². The molecule has 1 aliphatic carbocycles. The third kappa shape index (κ3) is 3.93. The Kier molecular flexibility index (Phi) is 5.55. The summed E-state index contributed by atoms with van der Waals surface area (Å²) in [4.78, 5) is 28.0. The van der Waals surface area contributed by atoms with E-state index in [1.54, 1.807) is 6.92 Å². The van der Waals surface area contributed by atoms with Crippen molar-refractivity contribution in [2.45, 2.75) is 58.0 Å². The van der Waals surface area contributed by atoms with Crippen LogP contribution in [-0.4, -0.2) is 55.5 Å². The van der Waals surface area contributed by atoms with E-state index in [1.807, 2.05) is 32.0 Å². The molecule has 8 heteroatoms. The predicted molar refractivity (Wildman–Crippen MR) is 109 cm³/mol. The van der Waals surface area contributed by atoms with Gasteiger partial charge in [-0.25, -0.2) is 8.42 Å². The largest absolute Gasteiger partial charge is 0.351 e. The molecule has 0 aromatic heterocycles. The smallest absolute Gasteiger partial charge is 0.247 e. The van der Waals surface area contributed by atoms with Crippen LogP contribution in [0.5, 0.6) is 0 Å². The Morgan fingerprint density at radius 2 is 1.86 bits per heavy atom. The van der Waals surface area contributed by atoms with Crippen molar-refractivity contribution in [1.29, 1.82) is 0 Å². The first kappa shape index (κ1) is 20.8. The fraction of sp³-hybridized carbons (Fsp3) is 0.600. The number of anilines is 1. The Bertz CT molecular complexity index is 893. The summed E-state index contributed by atoms with van der Waals surface area (Å²) < 4.78 is 25.5. The normalized spacial score (nSPS) is 24.6. The molecule has 0 bridgehead atoms. The second-order valence-electron chi connectivity index (χ2n) is 8.28. The lowest BCUT2D eigenvalue weighted by molar-refractivity contribution is -0.133. The van der Waals surface area contributed by atoms with Crippen LogP contribution in [0.4, 0.5) is 5.69 Å². The van der Waals surface area contributed by atoms with Crippen LogP contribution in [0, 0.1) is 13.8 Å². The van der Waals surface area contributed by atoms with Crippen LogP contribution < -0.4 is 10.2 Å². The molecule has 7 nitrogen and oxygen atoms in total. The summed E-state index contributed by atoms with van der Waals surface area (Å²) in [5.74, 6) is -0.698. The number of aryl methyl sites for hydroxylation is 2. The van der Waals surface area contributed by atoms with Gasteiger partial charge in [0.2, 0.25) is 21.8 Å². The zero-order valence-corrected chi connectivity index (χ0v) is 17.8. The van der Waals surface area contributed by atoms with Gasteiger partial charge in [0, 0.05) is 18.3 Å². The predicted octanol–water partition coefficient (Wildman–Crippen LogP) is 1.73. The lowest BCUT2D eigenvalue weighted by atomic mass is 9.92. The summed E-state index contributed by atoms with van der Waals surface area (Å²) in [5.41, 5.74) is 1.17. The first-order chi connectivity index (χ1) is 13.0. The van der Waals surface area contributed by atoms with E-state index >= 15 is 0 Å². The SMILES string of the molecule is Cc1ccc(C)c(N2C(=O)CN(S(C)(=O)=O)C[C@@]2(C)C(=O)NC2CCCC2)c1. The van der Waals surface area contributed by atoms with Gasteiger partial charge in [0.05, 0.1) is 12.8 Å². The number of benzene rings is 1. The molecular weight excluding hydrogens is 378 g/mol. The number of hydrogen-bond acceptors (Lipinski definition) is 4. The van der Waals surface area contributed by atoms with Crippen molar-refractivity contribution in [1.82, 2.24) is 9.62 Å². The molecule has 0 unspecified atom stereocenters. The van der Waals surface area contributed by atoms with Crippen LogP contribution in [0.15, 0.2) is 18.2 Å². The molecule has 28 heavy (non-hydrogen) atoms. The number of rotatable bonds is 4. The first-order valence-electron chi connectivity index (χ1n) is 9.69. The molecule has 3 rings (SSSR count). The van der Waals surface area contributed by atoms with Crippen LogP contribution in [-0.2, 0) is 19.6 Å². The summed E-state index contributed by atoms with van der Waals surface area (Å²) in [6.07, 6.45) is 5.03. The van der Waals surface area contributed by atoms with E-state index in [0.717, 1.165) is 47.4 Å². The molecular formula is C20H29N3O4S. The highest BCUT2D eigenvalue weighted by Crippen LogP contribution is 2.34. The number of sulfonamides is 1. The molecule has 2 fully saturated rings. The van der Waals surface area contributed by atoms with Crippen molar-refractivity contribution < 1.29 is 18.0 Å². The summed E-state index contributed by atoms with van der Waals surface area (Å²) in [7, 11) is -3.61. The van der Waals surface area contributed by atoms with Crippen LogP contribution in [0.2, 0.25) is 0 Å². The molecule has 1 aliphatic heterocycles. The molecule has 1 aromatic rings. The summed E-state index contributed by atoms with van der Waals surface area (Å²) in [6.45, 7) is 5.15. The number of nitrogens with zero attached hydrogens (tertiary/aromatic N) is 2. The number of piperazine rings is 1. The van der Waals surface area contributed by atoms with Crippen molar-refractivity contribution in [3.05, 3.63) is 29.3 Å². The van der Waals surface area contributed by atoms with E-state index in [9.17, 15) is 18.0 Å². The highest BCUT2D eigenvalue weighted by Gasteiger charge is 2.51. The molecule has 1 atom stereocenters. The third-order valence-electron chi connectivity index (χ3n) is 5.79. The monoisotopic (exact) mass is 407 g/mol. The minimum Gasteiger partial charge on any atom is -0.351 e. The number of amides is 2. The third-order valence-corrected chi connectivity index (χ3v) is 6.99. The number of hydrogen-bond donors (Lipinski definition) is 1. The van der Waals surface area contributed by atoms with Crippen LogP contribution in [0.3, 0.4) is 0 Å². The lowest BCUT2D eigenvalue weighted by Gasteiger charge is -2.47. The van der Waals surface area contributed by atoms with E-state index in [-0.39, 0.29) is 25.0 Å². The van der Waals surface area contributed by atoms with Crippen LogP contribution in [0.1, 0.15) is 43.7 Å². The van der Waals surface area contributed by atoms with E-state index in [0.29, 0.717) is 5.69 Å². The van der Waals surface area contributed by atoms with Gasteiger partial charge < -0.3 is 5.32 Å². The molecule has 0 radical (unpaired) electrons. The highest BCUT2D eigenvalue weighted by atomic mass is 32.2. The lowest BCUT2D eigenvalue weighted by Crippen LogP contribution is -2.70. The van der Waals surface area contributed by atoms with Crippen molar-refractivity contribution in [2.24, 2.45) is 0 Å². The number of carbonyl (C=O) groups excluding carboxylic acids is 2. The fourth-order valence-electron chi connectivity index (χ4n) is 4.15. The van der Waals surface area contributed by atoms with Crippen molar-refractivity contribution in [3.8, 4) is 0 Å². The maximum atomic E-state index is 13.3. The molecule has 1 aromatic carbocycles. The molecule has 1 saturated heterocycles. The molecule has 0 spiro atoms. The van der Waals surface area contributed by atoms with E-state index in [4.69, 9.17) is 0 Å². The Labute approximate surface area is 167 Å². The average molecular weight is 408 g/mol. The molecule has 2 amide bonds. The number of nitrogens with one attached hydrogen (secondary N) is 1. The fourth-order valence-corrected chi connectivity index (χ4v) is 4.98. The van der Waals surface area contributed by atoms with Gasteiger partial charge in [-0.05, 0) is 50.8 Å². The van der Waals surface area contributed by atoms with Gasteiger partial charge in [0.25, 0.3) is 0 Å². The summed E-state index contributed by atoms with van der Waals surface area (Å²) in [5, 5.41) is 3.06. The van der Waals surface area contributed by atoms with E-state index in [1.165, 1.54) is 4.90 Å². The Morgan fingerprint density at radius 1 is 1.21 bits per heavy atom. The van der Waals surface area contributed by atoms with Gasteiger partial charge in [-0.1, -0.05) is 25.0 Å². The maximum absolute atomic E-state index is 13.3. The molecule has 2 aliphatic rings. The molecule has 1 saturated carbocycles. The van der Waals surface area contributed by atoms with Crippen LogP contribution >= 0.6 is 0 Å². The molecule has 154 valence electrons. The average Bonchev–Trinajstić information content (AvgIpc) is 3.09. The molecule has 1 N–H and O–H groups in total. The summed E-state index contributed by atoms with van der Waals surface area (Å²) >= 11 is 0. The van der Waals surface area contributed by atoms with Gasteiger partial charge in [-0.2, -0.15) is 4.31 Å². The van der Waals surface area contributed by atoms with Gasteiger partial charge >= 0.3 is 0 Å². The highest BCUT2D eigenvalue weighted by molar-refractivity contribution is 7.88. The zero-order chi connectivity index (χ0) is 20.7. The van der Waals surface area contributed by atoms with Gasteiger partial charge in [-0.3, -0.25) is 14.5 Å². The molecule has 1 heterocycles. The number of carbonyl (C=O) groups is 2. The Morgan fingerprint density at radius 3 is 2.46 bits per heavy atom. The topological polar surface area (TPSA) is 86.8 Å². The standard InChI is InChI=1S/C20H29N3O4S/c1-14-9-10-15(2)17(11-14)23-18(24)12-22(28(4,26)27)13-20(23,3)19(25)21-16-7-5-6-8-16/h9-11,16H,5-8,12-13H2,1-4H3,(H,21,25)/t20-/m0/s1. The van der Waals surface area contributed by atoms with Gasteiger partial charge in [-0.15, -0.1) is 0 Å². The van der Waals surface area contributed by atoms with E-state index in [2.05, 4.69) is 5.32 Å². The second kappa shape index (κ2) is 7.48. The van der Waals surface area contributed by atoms with Crippen molar-refractivity contribution >= 4 is 27.5 Å². The summed E-state index contributed by atoms with van der Waals surface area (Å²) in [6, 6.07) is 5.82. The first-order valence-corrected chi connectivity index (χ1v) is 11.5. The second-order valence-corrected chi connectivity index (χ2v) is 10.3.